The van der Waals surface area contributed by atoms with Crippen molar-refractivity contribution in [3.63, 3.8) is 0 Å². The zero-order chi connectivity index (χ0) is 21.2. The normalized spacial score (nSPS) is 16.7. The first-order valence-electron chi connectivity index (χ1n) is 9.51. The Bertz CT molecular complexity index is 788. The third-order valence-corrected chi connectivity index (χ3v) is 4.29. The van der Waals surface area contributed by atoms with Crippen LogP contribution in [-0.4, -0.2) is 56.6 Å². The summed E-state index contributed by atoms with van der Waals surface area (Å²) in [4.78, 5) is 0. The van der Waals surface area contributed by atoms with Gasteiger partial charge >= 0.3 is 0 Å². The molecule has 0 radical (unpaired) electrons. The van der Waals surface area contributed by atoms with Crippen LogP contribution in [0.1, 0.15) is 24.5 Å². The quantitative estimate of drug-likeness (QED) is 0.392. The van der Waals surface area contributed by atoms with Crippen LogP contribution in [0.15, 0.2) is 72.2 Å². The number of aliphatic hydroxyl groups is 5. The molecular formula is C23H28O6. The van der Waals surface area contributed by atoms with Gasteiger partial charge in [0.2, 0.25) is 0 Å². The van der Waals surface area contributed by atoms with Crippen molar-refractivity contribution in [2.45, 2.75) is 37.8 Å². The monoisotopic (exact) mass is 400 g/mol. The van der Waals surface area contributed by atoms with Gasteiger partial charge in [-0.25, -0.2) is 0 Å². The second-order valence-corrected chi connectivity index (χ2v) is 6.66. The molecule has 0 bridgehead atoms. The molecule has 0 amide bonds. The molecule has 2 rings (SSSR count). The molecule has 29 heavy (non-hydrogen) atoms. The highest BCUT2D eigenvalue weighted by Crippen LogP contribution is 2.20. The average Bonchev–Trinajstić information content (AvgIpc) is 2.75. The second kappa shape index (κ2) is 11.4. The Labute approximate surface area is 170 Å². The number of hydrogen-bond acceptors (Lipinski definition) is 6. The summed E-state index contributed by atoms with van der Waals surface area (Å²) in [6, 6.07) is 17.8. The molecular weight excluding hydrogens is 372 g/mol. The Hall–Kier alpha value is -2.64. The van der Waals surface area contributed by atoms with Crippen molar-refractivity contribution in [1.29, 1.82) is 0 Å². The molecule has 2 aromatic carbocycles. The van der Waals surface area contributed by atoms with Gasteiger partial charge in [0.15, 0.2) is 0 Å². The number of hydrogen-bond donors (Lipinski definition) is 5. The lowest BCUT2D eigenvalue weighted by atomic mass is 9.98. The molecule has 2 aromatic rings. The molecule has 0 saturated carbocycles. The van der Waals surface area contributed by atoms with Crippen LogP contribution in [0.25, 0.3) is 12.2 Å². The summed E-state index contributed by atoms with van der Waals surface area (Å²) < 4.78 is 5.55. The van der Waals surface area contributed by atoms with Crippen molar-refractivity contribution < 1.29 is 30.3 Å². The van der Waals surface area contributed by atoms with Gasteiger partial charge in [-0.05, 0) is 29.7 Å². The minimum absolute atomic E-state index is 0.0586. The molecule has 4 unspecified atom stereocenters. The minimum Gasteiger partial charge on any atom is -0.509 e. The summed E-state index contributed by atoms with van der Waals surface area (Å²) in [5, 5.41) is 51.6. The Morgan fingerprint density at radius 2 is 1.28 bits per heavy atom. The van der Waals surface area contributed by atoms with Crippen LogP contribution in [-0.2, 0) is 4.74 Å². The first-order chi connectivity index (χ1) is 13.9. The Morgan fingerprint density at radius 3 is 1.79 bits per heavy atom. The number of benzene rings is 2. The van der Waals surface area contributed by atoms with E-state index in [1.54, 1.807) is 48.5 Å². The average molecular weight is 400 g/mol. The number of rotatable bonds is 10. The molecule has 0 saturated heterocycles. The third-order valence-electron chi connectivity index (χ3n) is 4.29. The number of aliphatic hydroxyl groups excluding tert-OH is 5. The third kappa shape index (κ3) is 6.73. The molecule has 0 aliphatic heterocycles. The van der Waals surface area contributed by atoms with Gasteiger partial charge < -0.3 is 30.3 Å². The number of ether oxygens (including phenoxy) is 1. The zero-order valence-corrected chi connectivity index (χ0v) is 16.3. The fourth-order valence-electron chi connectivity index (χ4n) is 2.67. The van der Waals surface area contributed by atoms with E-state index in [2.05, 4.69) is 0 Å². The fourth-order valence-corrected chi connectivity index (χ4v) is 2.67. The molecule has 156 valence electrons. The largest absolute Gasteiger partial charge is 0.509 e. The van der Waals surface area contributed by atoms with Crippen LogP contribution in [0.5, 0.6) is 0 Å². The van der Waals surface area contributed by atoms with Crippen LogP contribution in [0.3, 0.4) is 0 Å². The van der Waals surface area contributed by atoms with E-state index in [0.29, 0.717) is 18.6 Å². The van der Waals surface area contributed by atoms with Gasteiger partial charge in [0.25, 0.3) is 0 Å². The summed E-state index contributed by atoms with van der Waals surface area (Å²) in [5.41, 5.74) is 1.36. The van der Waals surface area contributed by atoms with Crippen molar-refractivity contribution in [3.05, 3.63) is 83.3 Å². The van der Waals surface area contributed by atoms with Crippen LogP contribution < -0.4 is 0 Å². The highest BCUT2D eigenvalue weighted by Gasteiger charge is 2.35. The maximum absolute atomic E-state index is 10.5. The van der Waals surface area contributed by atoms with Gasteiger partial charge in [-0.3, -0.25) is 0 Å². The Balaban J connectivity index is 2.16. The van der Waals surface area contributed by atoms with Crippen molar-refractivity contribution in [2.75, 3.05) is 6.61 Å². The van der Waals surface area contributed by atoms with Gasteiger partial charge in [-0.1, -0.05) is 67.6 Å². The summed E-state index contributed by atoms with van der Waals surface area (Å²) in [6.07, 6.45) is -3.50. The van der Waals surface area contributed by atoms with Crippen molar-refractivity contribution in [3.8, 4) is 0 Å². The van der Waals surface area contributed by atoms with E-state index in [0.717, 1.165) is 5.56 Å². The van der Waals surface area contributed by atoms with Crippen molar-refractivity contribution in [2.24, 2.45) is 0 Å². The Morgan fingerprint density at radius 1 is 0.793 bits per heavy atom. The molecule has 0 spiro atoms. The Kier molecular flexibility index (Phi) is 8.89. The predicted octanol–water partition coefficient (Wildman–Crippen LogP) is 2.50. The van der Waals surface area contributed by atoms with E-state index in [-0.39, 0.29) is 5.76 Å². The van der Waals surface area contributed by atoms with E-state index in [1.165, 1.54) is 6.08 Å². The predicted molar refractivity (Wildman–Crippen MR) is 112 cm³/mol. The molecule has 4 atom stereocenters. The summed E-state index contributed by atoms with van der Waals surface area (Å²) in [7, 11) is 0. The zero-order valence-electron chi connectivity index (χ0n) is 16.3. The standard InChI is InChI=1S/C23H28O6/c1-2-13-29-19(15-17-11-7-4-8-12-17)21(26)23(28)22(27)20(25)18(24)14-16-9-5-3-6-10-16/h3-12,14-15,20-28H,2,13H2,1H3. The topological polar surface area (TPSA) is 110 Å². The minimum atomic E-state index is -1.84. The molecule has 0 aliphatic carbocycles. The lowest BCUT2D eigenvalue weighted by Gasteiger charge is -2.27. The SMILES string of the molecule is CCCOC(=Cc1ccccc1)C(O)C(O)C(O)C(O)C(O)=Cc1ccccc1. The molecule has 0 heterocycles. The molecule has 6 heteroatoms. The maximum atomic E-state index is 10.5. The van der Waals surface area contributed by atoms with Gasteiger partial charge in [-0.15, -0.1) is 0 Å². The first kappa shape index (κ1) is 22.6. The van der Waals surface area contributed by atoms with E-state index < -0.39 is 30.2 Å². The molecule has 0 aromatic heterocycles. The van der Waals surface area contributed by atoms with Crippen molar-refractivity contribution >= 4 is 12.2 Å². The van der Waals surface area contributed by atoms with Crippen LogP contribution in [0, 0.1) is 0 Å². The highest BCUT2D eigenvalue weighted by atomic mass is 16.5. The lowest BCUT2D eigenvalue weighted by Crippen LogP contribution is -2.46. The van der Waals surface area contributed by atoms with Gasteiger partial charge in [0.05, 0.1) is 6.61 Å². The summed E-state index contributed by atoms with van der Waals surface area (Å²) >= 11 is 0. The maximum Gasteiger partial charge on any atom is 0.139 e. The van der Waals surface area contributed by atoms with Gasteiger partial charge in [-0.2, -0.15) is 0 Å². The van der Waals surface area contributed by atoms with E-state index >= 15 is 0 Å². The summed E-state index contributed by atoms with van der Waals surface area (Å²) in [5.74, 6) is -0.471. The van der Waals surface area contributed by atoms with Gasteiger partial charge in [0, 0.05) is 0 Å². The van der Waals surface area contributed by atoms with E-state index in [4.69, 9.17) is 4.74 Å². The van der Waals surface area contributed by atoms with Crippen LogP contribution in [0.4, 0.5) is 0 Å². The smallest absolute Gasteiger partial charge is 0.139 e. The van der Waals surface area contributed by atoms with E-state index in [1.807, 2.05) is 25.1 Å². The van der Waals surface area contributed by atoms with E-state index in [9.17, 15) is 25.5 Å². The second-order valence-electron chi connectivity index (χ2n) is 6.66. The molecule has 6 nitrogen and oxygen atoms in total. The van der Waals surface area contributed by atoms with Crippen molar-refractivity contribution in [1.82, 2.24) is 0 Å². The van der Waals surface area contributed by atoms with Gasteiger partial charge in [0.1, 0.15) is 35.9 Å². The molecule has 5 N–H and O–H groups in total. The van der Waals surface area contributed by atoms with Crippen LogP contribution in [0.2, 0.25) is 0 Å². The van der Waals surface area contributed by atoms with Crippen LogP contribution >= 0.6 is 0 Å². The fraction of sp³-hybridized carbons (Fsp3) is 0.304. The highest BCUT2D eigenvalue weighted by molar-refractivity contribution is 5.53. The molecule has 0 fully saturated rings. The lowest BCUT2D eigenvalue weighted by molar-refractivity contribution is -0.103. The first-order valence-corrected chi connectivity index (χ1v) is 9.51. The molecule has 0 aliphatic rings. The summed E-state index contributed by atoms with van der Waals surface area (Å²) in [6.45, 7) is 2.20.